The van der Waals surface area contributed by atoms with Crippen LogP contribution in [0.1, 0.15) is 33.2 Å². The van der Waals surface area contributed by atoms with Crippen molar-refractivity contribution in [3.05, 3.63) is 15.6 Å². The molecule has 2 aliphatic rings. The Hall–Kier alpha value is -2.24. The summed E-state index contributed by atoms with van der Waals surface area (Å²) in [6, 6.07) is -0.988. The summed E-state index contributed by atoms with van der Waals surface area (Å²) in [7, 11) is 2.01. The molecule has 1 fully saturated rings. The number of nitrogens with two attached hydrogens (primary N) is 1. The average molecular weight is 445 g/mol. The number of aromatic nitrogens is 1. The highest BCUT2D eigenvalue weighted by Gasteiger charge is 2.30. The van der Waals surface area contributed by atoms with E-state index in [0.717, 1.165) is 42.9 Å². The van der Waals surface area contributed by atoms with Gasteiger partial charge in [0.2, 0.25) is 5.91 Å². The second-order valence-electron chi connectivity index (χ2n) is 7.01. The lowest BCUT2D eigenvalue weighted by molar-refractivity contribution is -0.138. The van der Waals surface area contributed by atoms with E-state index in [1.807, 2.05) is 7.05 Å². The molecule has 0 bridgehead atoms. The third-order valence-electron chi connectivity index (χ3n) is 4.83. The molecule has 1 aromatic rings. The predicted molar refractivity (Wildman–Crippen MR) is 109 cm³/mol. The number of thiazole rings is 1. The predicted octanol–water partition coefficient (Wildman–Crippen LogP) is -1.12. The number of halogens is 1. The standard InChI is InChI=1S/C17H24N6O4S.ClH/c1-22-7-4-10-12(9-22)28-16(21-10)15(26)20-11(8-19-14(25)13(18)24)17(27)23-5-2-3-6-23;/h11H,2-9H2,1H3,(H2,18,24)(H,19,25)(H,20,26);1H. The summed E-state index contributed by atoms with van der Waals surface area (Å²) < 4.78 is 0. The maximum absolute atomic E-state index is 12.8. The van der Waals surface area contributed by atoms with Crippen LogP contribution >= 0.6 is 23.7 Å². The number of carbonyl (C=O) groups excluding carboxylic acids is 4. The van der Waals surface area contributed by atoms with Gasteiger partial charge in [-0.3, -0.25) is 19.2 Å². The van der Waals surface area contributed by atoms with E-state index < -0.39 is 23.8 Å². The Bertz CT molecular complexity index is 795. The van der Waals surface area contributed by atoms with Crippen LogP contribution < -0.4 is 16.4 Å². The highest BCUT2D eigenvalue weighted by Crippen LogP contribution is 2.24. The highest BCUT2D eigenvalue weighted by atomic mass is 35.5. The fourth-order valence-corrected chi connectivity index (χ4v) is 4.37. The fraction of sp³-hybridized carbons (Fsp3) is 0.588. The SMILES string of the molecule is CN1CCc2nc(C(=O)NC(CNC(=O)C(N)=O)C(=O)N3CCCC3)sc2C1.Cl. The Morgan fingerprint density at radius 2 is 1.90 bits per heavy atom. The molecule has 1 atom stereocenters. The van der Waals surface area contributed by atoms with Crippen molar-refractivity contribution in [2.75, 3.05) is 33.2 Å². The number of likely N-dealkylation sites (N-methyl/N-ethyl adjacent to an activating group) is 1. The molecule has 4 amide bonds. The van der Waals surface area contributed by atoms with E-state index in [1.165, 1.54) is 11.3 Å². The lowest BCUT2D eigenvalue weighted by atomic mass is 10.2. The molecular weight excluding hydrogens is 420 g/mol. The molecule has 4 N–H and O–H groups in total. The summed E-state index contributed by atoms with van der Waals surface area (Å²) in [6.07, 6.45) is 2.57. The Morgan fingerprint density at radius 3 is 2.55 bits per heavy atom. The van der Waals surface area contributed by atoms with Crippen molar-refractivity contribution >= 4 is 47.4 Å². The number of hydrogen-bond donors (Lipinski definition) is 3. The Balaban J connectivity index is 0.00000300. The molecule has 10 nitrogen and oxygen atoms in total. The molecule has 0 saturated carbocycles. The first-order valence-electron chi connectivity index (χ1n) is 9.19. The maximum atomic E-state index is 12.8. The van der Waals surface area contributed by atoms with E-state index in [0.29, 0.717) is 18.1 Å². The number of rotatable bonds is 5. The summed E-state index contributed by atoms with van der Waals surface area (Å²) in [5.74, 6) is -2.90. The van der Waals surface area contributed by atoms with Crippen molar-refractivity contribution in [3.63, 3.8) is 0 Å². The zero-order valence-electron chi connectivity index (χ0n) is 16.1. The van der Waals surface area contributed by atoms with Gasteiger partial charge in [-0.05, 0) is 19.9 Å². The van der Waals surface area contributed by atoms with Crippen LogP contribution in [0.15, 0.2) is 0 Å². The van der Waals surface area contributed by atoms with Crippen LogP contribution in [0.4, 0.5) is 0 Å². The number of amides is 4. The summed E-state index contributed by atoms with van der Waals surface area (Å²) in [5.41, 5.74) is 5.85. The number of fused-ring (bicyclic) bond motifs is 1. The quantitative estimate of drug-likeness (QED) is 0.491. The van der Waals surface area contributed by atoms with Crippen LogP contribution in [0.25, 0.3) is 0 Å². The second kappa shape index (κ2) is 9.99. The van der Waals surface area contributed by atoms with Crippen LogP contribution in [0.3, 0.4) is 0 Å². The molecule has 0 spiro atoms. The molecule has 1 aromatic heterocycles. The minimum atomic E-state index is -1.14. The number of carbonyl (C=O) groups is 4. The molecule has 3 rings (SSSR count). The largest absolute Gasteiger partial charge is 0.361 e. The molecule has 0 radical (unpaired) electrons. The Morgan fingerprint density at radius 1 is 1.21 bits per heavy atom. The van der Waals surface area contributed by atoms with E-state index in [-0.39, 0.29) is 24.9 Å². The van der Waals surface area contributed by atoms with Crippen molar-refractivity contribution < 1.29 is 19.2 Å². The smallest absolute Gasteiger partial charge is 0.309 e. The molecule has 2 aliphatic heterocycles. The summed E-state index contributed by atoms with van der Waals surface area (Å²) in [5, 5.41) is 5.25. The van der Waals surface area contributed by atoms with Crippen LogP contribution in [0, 0.1) is 0 Å². The van der Waals surface area contributed by atoms with E-state index in [9.17, 15) is 19.2 Å². The summed E-state index contributed by atoms with van der Waals surface area (Å²) in [4.78, 5) is 57.1. The maximum Gasteiger partial charge on any atom is 0.309 e. The van der Waals surface area contributed by atoms with Crippen molar-refractivity contribution in [3.8, 4) is 0 Å². The second-order valence-corrected chi connectivity index (χ2v) is 8.09. The van der Waals surface area contributed by atoms with Gasteiger partial charge in [0.15, 0.2) is 5.01 Å². The summed E-state index contributed by atoms with van der Waals surface area (Å²) >= 11 is 1.31. The first kappa shape index (κ1) is 23.0. The zero-order valence-corrected chi connectivity index (χ0v) is 17.7. The fourth-order valence-electron chi connectivity index (χ4n) is 3.28. The number of hydrogen-bond acceptors (Lipinski definition) is 7. The van der Waals surface area contributed by atoms with Crippen molar-refractivity contribution in [1.82, 2.24) is 25.4 Å². The first-order chi connectivity index (χ1) is 13.3. The van der Waals surface area contributed by atoms with Crippen LogP contribution in [0.5, 0.6) is 0 Å². The van der Waals surface area contributed by atoms with Gasteiger partial charge in [-0.25, -0.2) is 4.98 Å². The normalized spacial score (nSPS) is 17.1. The molecule has 160 valence electrons. The van der Waals surface area contributed by atoms with E-state index in [2.05, 4.69) is 20.5 Å². The monoisotopic (exact) mass is 444 g/mol. The highest BCUT2D eigenvalue weighted by molar-refractivity contribution is 7.13. The van der Waals surface area contributed by atoms with Gasteiger partial charge in [-0.2, -0.15) is 0 Å². The molecule has 29 heavy (non-hydrogen) atoms. The zero-order chi connectivity index (χ0) is 20.3. The molecule has 12 heteroatoms. The molecule has 0 aromatic carbocycles. The van der Waals surface area contributed by atoms with E-state index in [4.69, 9.17) is 5.73 Å². The molecule has 1 saturated heterocycles. The lowest BCUT2D eigenvalue weighted by Crippen LogP contribution is -2.54. The van der Waals surface area contributed by atoms with Gasteiger partial charge in [0, 0.05) is 44.0 Å². The van der Waals surface area contributed by atoms with E-state index in [1.54, 1.807) is 4.90 Å². The lowest BCUT2D eigenvalue weighted by Gasteiger charge is -2.23. The minimum Gasteiger partial charge on any atom is -0.361 e. The Kier molecular flexibility index (Phi) is 7.94. The number of nitrogens with one attached hydrogen (secondary N) is 2. The van der Waals surface area contributed by atoms with Gasteiger partial charge in [0.25, 0.3) is 5.91 Å². The van der Waals surface area contributed by atoms with Crippen molar-refractivity contribution in [2.24, 2.45) is 5.73 Å². The third kappa shape index (κ3) is 5.64. The Labute approximate surface area is 178 Å². The van der Waals surface area contributed by atoms with E-state index >= 15 is 0 Å². The van der Waals surface area contributed by atoms with Crippen LogP contribution in [-0.4, -0.2) is 77.7 Å². The topological polar surface area (TPSA) is 138 Å². The van der Waals surface area contributed by atoms with Crippen LogP contribution in [0.2, 0.25) is 0 Å². The van der Waals surface area contributed by atoms with Gasteiger partial charge < -0.3 is 26.2 Å². The van der Waals surface area contributed by atoms with Gasteiger partial charge in [-0.15, -0.1) is 23.7 Å². The van der Waals surface area contributed by atoms with Gasteiger partial charge >= 0.3 is 11.8 Å². The molecular formula is C17H25ClN6O4S. The molecule has 3 heterocycles. The van der Waals surface area contributed by atoms with Crippen molar-refractivity contribution in [2.45, 2.75) is 31.8 Å². The van der Waals surface area contributed by atoms with Gasteiger partial charge in [-0.1, -0.05) is 0 Å². The first-order valence-corrected chi connectivity index (χ1v) is 10.0. The minimum absolute atomic E-state index is 0. The number of nitrogens with zero attached hydrogens (tertiary/aromatic N) is 3. The molecule has 1 unspecified atom stereocenters. The third-order valence-corrected chi connectivity index (χ3v) is 5.91. The molecule has 0 aliphatic carbocycles. The van der Waals surface area contributed by atoms with Gasteiger partial charge in [0.05, 0.1) is 5.69 Å². The number of likely N-dealkylation sites (tertiary alicyclic amines) is 1. The van der Waals surface area contributed by atoms with Gasteiger partial charge in [0.1, 0.15) is 6.04 Å². The average Bonchev–Trinajstić information content (AvgIpc) is 3.33. The van der Waals surface area contributed by atoms with Crippen LogP contribution in [-0.2, 0) is 27.3 Å². The number of primary amides is 1. The van der Waals surface area contributed by atoms with Crippen molar-refractivity contribution in [1.29, 1.82) is 0 Å². The summed E-state index contributed by atoms with van der Waals surface area (Å²) in [6.45, 7) is 2.62.